The van der Waals surface area contributed by atoms with Gasteiger partial charge in [0.15, 0.2) is 0 Å². The Kier molecular flexibility index (Phi) is 2.17. The van der Waals surface area contributed by atoms with Crippen molar-refractivity contribution < 1.29 is 20.0 Å². The van der Waals surface area contributed by atoms with E-state index in [-0.39, 0.29) is 5.70 Å². The number of quaternary nitrogens is 1. The van der Waals surface area contributed by atoms with Crippen molar-refractivity contribution in [3.05, 3.63) is 49.0 Å². The fourth-order valence-corrected chi connectivity index (χ4v) is 1.43. The number of hydrogen-bond acceptors (Lipinski definition) is 8. The molecule has 0 aromatic heterocycles. The fraction of sp³-hybridized carbons (Fsp3) is 0.167. The van der Waals surface area contributed by atoms with Crippen molar-refractivity contribution in [2.45, 2.75) is 5.66 Å². The van der Waals surface area contributed by atoms with Gasteiger partial charge in [-0.15, -0.1) is 5.23 Å². The van der Waals surface area contributed by atoms with Gasteiger partial charge in [-0.2, -0.15) is 4.94 Å². The summed E-state index contributed by atoms with van der Waals surface area (Å²) in [6.45, 7) is 0. The number of hydroxylamine groups is 2. The molecule has 2 rings (SSSR count). The summed E-state index contributed by atoms with van der Waals surface area (Å²) in [7, 11) is 0. The highest BCUT2D eigenvalue weighted by molar-refractivity contribution is 6.06. The number of nitrogens with two attached hydrogens (primary N) is 1. The molecule has 3 N–H and O–H groups in total. The molecule has 90 valence electrons. The molecular weight excluding hydrogens is 238 g/mol. The van der Waals surface area contributed by atoms with E-state index in [1.54, 1.807) is 0 Å². The topological polar surface area (TPSA) is 161 Å². The van der Waals surface area contributed by atoms with E-state index in [4.69, 9.17) is 5.73 Å². The monoisotopic (exact) mass is 243 g/mol. The first kappa shape index (κ1) is 11.1. The number of fused-ring (bicyclic) bond motifs is 1. The van der Waals surface area contributed by atoms with Crippen LogP contribution in [-0.4, -0.2) is 21.2 Å². The molecule has 1 heterocycles. The Balaban J connectivity index is 2.60. The van der Waals surface area contributed by atoms with Gasteiger partial charge in [-0.1, -0.05) is 0 Å². The summed E-state index contributed by atoms with van der Waals surface area (Å²) >= 11 is 0. The van der Waals surface area contributed by atoms with Gasteiger partial charge in [0.25, 0.3) is 5.70 Å². The second-order valence-electron chi connectivity index (χ2n) is 3.29. The first-order valence-corrected chi connectivity index (χ1v) is 4.19. The molecule has 2 aliphatic rings. The van der Waals surface area contributed by atoms with Crippen molar-refractivity contribution in [3.63, 3.8) is 0 Å². The molecule has 17 heavy (non-hydrogen) atoms. The zero-order chi connectivity index (χ0) is 12.8. The third-order valence-electron chi connectivity index (χ3n) is 2.25. The van der Waals surface area contributed by atoms with Crippen LogP contribution in [0.3, 0.4) is 0 Å². The average molecular weight is 243 g/mol. The third kappa shape index (κ3) is 1.45. The molecule has 0 bridgehead atoms. The minimum Gasteiger partial charge on any atom is -0.584 e. The molecule has 0 fully saturated rings. The fourth-order valence-electron chi connectivity index (χ4n) is 1.43. The molecule has 0 radical (unpaired) electrons. The average Bonchev–Trinajstić information content (AvgIpc) is 2.61. The number of allylic oxidation sites excluding steroid dienone is 1. The molecule has 0 aromatic carbocycles. The summed E-state index contributed by atoms with van der Waals surface area (Å²) < 4.78 is 0. The van der Waals surface area contributed by atoms with Crippen LogP contribution in [-0.2, 0) is 4.94 Å². The van der Waals surface area contributed by atoms with Gasteiger partial charge in [-0.3, -0.25) is 26.0 Å². The summed E-state index contributed by atoms with van der Waals surface area (Å²) in [6.07, 6.45) is 1.44. The van der Waals surface area contributed by atoms with Crippen LogP contribution in [0, 0.1) is 25.4 Å². The zero-order valence-corrected chi connectivity index (χ0v) is 8.02. The Morgan fingerprint density at radius 3 is 2.65 bits per heavy atom. The van der Waals surface area contributed by atoms with Crippen LogP contribution < -0.4 is 11.0 Å². The maximum atomic E-state index is 11.2. The molecule has 0 aromatic rings. The number of hydrogen-bond donors (Lipinski definition) is 2. The van der Waals surface area contributed by atoms with Gasteiger partial charge in [-0.25, -0.2) is 0 Å². The molecule has 2 atom stereocenters. The van der Waals surface area contributed by atoms with Crippen LogP contribution >= 0.6 is 0 Å². The number of rotatable bonds is 2. The third-order valence-corrected chi connectivity index (χ3v) is 2.25. The second-order valence-corrected chi connectivity index (χ2v) is 3.29. The van der Waals surface area contributed by atoms with E-state index in [1.165, 1.54) is 0 Å². The van der Waals surface area contributed by atoms with E-state index < -0.39 is 32.1 Å². The molecule has 0 spiro atoms. The minimum absolute atomic E-state index is 0.376. The zero-order valence-electron chi connectivity index (χ0n) is 8.02. The van der Waals surface area contributed by atoms with Crippen LogP contribution in [0.2, 0.25) is 0 Å². The summed E-state index contributed by atoms with van der Waals surface area (Å²) in [5.74, 6) is 0. The highest BCUT2D eigenvalue weighted by atomic mass is 17.0. The highest BCUT2D eigenvalue weighted by Crippen LogP contribution is 2.23. The van der Waals surface area contributed by atoms with Crippen molar-refractivity contribution in [2.24, 2.45) is 10.9 Å². The predicted molar refractivity (Wildman–Crippen MR) is 49.9 cm³/mol. The summed E-state index contributed by atoms with van der Waals surface area (Å²) in [4.78, 5) is 23.8. The molecule has 0 saturated carbocycles. The predicted octanol–water partition coefficient (Wildman–Crippen LogP) is -2.34. The largest absolute Gasteiger partial charge is 0.584 e. The Morgan fingerprint density at radius 1 is 1.47 bits per heavy atom. The van der Waals surface area contributed by atoms with E-state index in [2.05, 4.69) is 10.1 Å². The van der Waals surface area contributed by atoms with Crippen molar-refractivity contribution in [1.82, 2.24) is 0 Å². The normalized spacial score (nSPS) is 30.7. The molecule has 1 aliphatic heterocycles. The highest BCUT2D eigenvalue weighted by Gasteiger charge is 2.55. The lowest BCUT2D eigenvalue weighted by Gasteiger charge is -2.19. The van der Waals surface area contributed by atoms with E-state index in [0.717, 1.165) is 6.08 Å². The Bertz CT molecular complexity index is 509. The molecule has 11 heteroatoms. The van der Waals surface area contributed by atoms with Gasteiger partial charge >= 0.3 is 5.66 Å². The van der Waals surface area contributed by atoms with E-state index in [9.17, 15) is 25.4 Å². The Hall–Kier alpha value is -2.37. The first-order chi connectivity index (χ1) is 7.86. The van der Waals surface area contributed by atoms with Gasteiger partial charge in [0.1, 0.15) is 0 Å². The summed E-state index contributed by atoms with van der Waals surface area (Å²) in [5, 5.41) is 34.7. The van der Waals surface area contributed by atoms with Gasteiger partial charge in [-0.05, 0) is 5.16 Å². The molecule has 11 nitrogen and oxygen atoms in total. The van der Waals surface area contributed by atoms with Crippen LogP contribution in [0.5, 0.6) is 0 Å². The number of oxime groups is 1. The van der Waals surface area contributed by atoms with Crippen molar-refractivity contribution >= 4 is 5.71 Å². The van der Waals surface area contributed by atoms with Crippen LogP contribution in [0.4, 0.5) is 0 Å². The van der Waals surface area contributed by atoms with Gasteiger partial charge in [0.05, 0.1) is 22.0 Å². The van der Waals surface area contributed by atoms with Crippen LogP contribution in [0.1, 0.15) is 0 Å². The smallest absolute Gasteiger partial charge is 0.350 e. The SMILES string of the molecule is NC1([N+](=O)[O-])C=C([N+](=O)[O-])C=C2C1=NO[NH+]2[O-]. The second kappa shape index (κ2) is 3.31. The minimum atomic E-state index is -2.43. The lowest BCUT2D eigenvalue weighted by molar-refractivity contribution is -1.01. The molecule has 0 saturated heterocycles. The quantitative estimate of drug-likeness (QED) is 0.237. The maximum absolute atomic E-state index is 11.2. The van der Waals surface area contributed by atoms with Crippen molar-refractivity contribution in [3.8, 4) is 0 Å². The molecule has 2 unspecified atom stereocenters. The summed E-state index contributed by atoms with van der Waals surface area (Å²) in [6, 6.07) is 0. The van der Waals surface area contributed by atoms with Gasteiger partial charge in [0, 0.05) is 0 Å². The van der Waals surface area contributed by atoms with Crippen molar-refractivity contribution in [2.75, 3.05) is 0 Å². The molecule has 0 amide bonds. The van der Waals surface area contributed by atoms with Crippen LogP contribution in [0.15, 0.2) is 28.7 Å². The van der Waals surface area contributed by atoms with Gasteiger partial charge in [0.2, 0.25) is 11.4 Å². The van der Waals surface area contributed by atoms with E-state index in [0.29, 0.717) is 6.08 Å². The standard InChI is InChI=1S/C6H5N5O6/c7-6(11(15)16)2-3(9(12)13)1-4-5(6)8-17-10(4)14/h1-2,10H,7H2. The Morgan fingerprint density at radius 2 is 2.12 bits per heavy atom. The molecule has 1 aliphatic carbocycles. The lowest BCUT2D eigenvalue weighted by atomic mass is 9.96. The lowest BCUT2D eigenvalue weighted by Crippen LogP contribution is -3.03. The Labute approximate surface area is 92.2 Å². The number of nitrogens with zero attached hydrogens (tertiary/aromatic N) is 3. The maximum Gasteiger partial charge on any atom is 0.350 e. The first-order valence-electron chi connectivity index (χ1n) is 4.19. The van der Waals surface area contributed by atoms with E-state index in [1.807, 2.05) is 0 Å². The van der Waals surface area contributed by atoms with E-state index >= 15 is 0 Å². The number of nitrogens with one attached hydrogen (secondary N) is 1. The van der Waals surface area contributed by atoms with Crippen molar-refractivity contribution in [1.29, 1.82) is 0 Å². The molecular formula is C6H5N5O6. The van der Waals surface area contributed by atoms with Gasteiger partial charge < -0.3 is 5.21 Å². The summed E-state index contributed by atoms with van der Waals surface area (Å²) in [5.41, 5.74) is 1.48. The number of nitro groups is 2. The van der Waals surface area contributed by atoms with Crippen LogP contribution in [0.25, 0.3) is 0 Å².